The zero-order chi connectivity index (χ0) is 17.6. The van der Waals surface area contributed by atoms with E-state index in [1.807, 2.05) is 37.3 Å². The van der Waals surface area contributed by atoms with Crippen molar-refractivity contribution in [3.63, 3.8) is 0 Å². The number of fused-ring (bicyclic) bond motifs is 3. The minimum Gasteiger partial charge on any atom is -0.282 e. The average molecular weight is 334 g/mol. The second-order valence-electron chi connectivity index (χ2n) is 6.26. The van der Waals surface area contributed by atoms with Crippen LogP contribution in [-0.4, -0.2) is 29.4 Å². The molecule has 0 aliphatic rings. The molecule has 0 atom stereocenters. The summed E-state index contributed by atoms with van der Waals surface area (Å²) in [5, 5.41) is 12.5. The van der Waals surface area contributed by atoms with Gasteiger partial charge in [0.05, 0.1) is 0 Å². The molecule has 0 N–H and O–H groups in total. The molecule has 126 valence electrons. The van der Waals surface area contributed by atoms with Crippen molar-refractivity contribution in [1.82, 2.24) is 29.4 Å². The van der Waals surface area contributed by atoms with E-state index in [0.717, 1.165) is 5.69 Å². The van der Waals surface area contributed by atoms with Crippen LogP contribution >= 0.6 is 0 Å². The number of nitrogens with zero attached hydrogens (tertiary/aromatic N) is 6. The lowest BCUT2D eigenvalue weighted by Crippen LogP contribution is -2.20. The van der Waals surface area contributed by atoms with E-state index in [-0.39, 0.29) is 11.1 Å². The summed E-state index contributed by atoms with van der Waals surface area (Å²) < 4.78 is 3.15. The van der Waals surface area contributed by atoms with Gasteiger partial charge in [0.15, 0.2) is 11.3 Å². The molecular formula is C18H18N6O. The number of rotatable bonds is 3. The molecule has 1 aromatic carbocycles. The first-order valence-electron chi connectivity index (χ1n) is 8.32. The zero-order valence-corrected chi connectivity index (χ0v) is 14.3. The van der Waals surface area contributed by atoms with Gasteiger partial charge in [0, 0.05) is 18.3 Å². The quantitative estimate of drug-likeness (QED) is 0.575. The van der Waals surface area contributed by atoms with Crippen molar-refractivity contribution in [1.29, 1.82) is 0 Å². The van der Waals surface area contributed by atoms with Gasteiger partial charge in [-0.25, -0.2) is 0 Å². The zero-order valence-electron chi connectivity index (χ0n) is 14.3. The molecular weight excluding hydrogens is 316 g/mol. The normalized spacial score (nSPS) is 11.7. The number of aromatic nitrogens is 6. The molecule has 4 rings (SSSR count). The Morgan fingerprint density at radius 3 is 2.52 bits per heavy atom. The standard InChI is InChI=1S/C18H18N6O/c1-4-15-19-18-21-20-16-14(24(18)22-15)9-10-23(17(16)25)13-7-5-12(6-8-13)11(2)3/h5-11H,4H2,1-3H3. The van der Waals surface area contributed by atoms with Gasteiger partial charge >= 0.3 is 0 Å². The third kappa shape index (κ3) is 2.48. The van der Waals surface area contributed by atoms with Gasteiger partial charge in [0.25, 0.3) is 11.3 Å². The molecule has 0 radical (unpaired) electrons. The van der Waals surface area contributed by atoms with Crippen LogP contribution in [0, 0.1) is 0 Å². The van der Waals surface area contributed by atoms with Crippen molar-refractivity contribution in [2.45, 2.75) is 33.1 Å². The average Bonchev–Trinajstić information content (AvgIpc) is 3.06. The van der Waals surface area contributed by atoms with E-state index in [1.54, 1.807) is 15.3 Å². The van der Waals surface area contributed by atoms with Crippen molar-refractivity contribution >= 4 is 16.8 Å². The Morgan fingerprint density at radius 1 is 1.08 bits per heavy atom. The summed E-state index contributed by atoms with van der Waals surface area (Å²) in [5.41, 5.74) is 2.69. The molecule has 4 aromatic rings. The van der Waals surface area contributed by atoms with E-state index in [1.165, 1.54) is 5.56 Å². The molecule has 0 aliphatic carbocycles. The summed E-state index contributed by atoms with van der Waals surface area (Å²) in [6.07, 6.45) is 2.44. The second kappa shape index (κ2) is 5.77. The molecule has 0 fully saturated rings. The number of hydrogen-bond donors (Lipinski definition) is 0. The molecule has 0 spiro atoms. The fraction of sp³-hybridized carbons (Fsp3) is 0.278. The molecule has 0 saturated heterocycles. The summed E-state index contributed by atoms with van der Waals surface area (Å²) in [5.74, 6) is 1.53. The van der Waals surface area contributed by atoms with Gasteiger partial charge in [-0.2, -0.15) is 9.50 Å². The highest BCUT2D eigenvalue weighted by molar-refractivity contribution is 5.74. The number of benzene rings is 1. The second-order valence-corrected chi connectivity index (χ2v) is 6.26. The first kappa shape index (κ1) is 15.4. The molecule has 7 nitrogen and oxygen atoms in total. The highest BCUT2D eigenvalue weighted by atomic mass is 16.1. The van der Waals surface area contributed by atoms with Crippen molar-refractivity contribution in [3.8, 4) is 5.69 Å². The predicted octanol–water partition coefficient (Wildman–Crippen LogP) is 2.51. The minimum absolute atomic E-state index is 0.224. The molecule has 0 saturated carbocycles. The maximum Gasteiger partial charge on any atom is 0.285 e. The Kier molecular flexibility index (Phi) is 3.56. The molecule has 0 unspecified atom stereocenters. The Labute approximate surface area is 144 Å². The van der Waals surface area contributed by atoms with Crippen molar-refractivity contribution < 1.29 is 0 Å². The highest BCUT2D eigenvalue weighted by Gasteiger charge is 2.13. The highest BCUT2D eigenvalue weighted by Crippen LogP contribution is 2.17. The van der Waals surface area contributed by atoms with Crippen LogP contribution < -0.4 is 5.56 Å². The van der Waals surface area contributed by atoms with Crippen LogP contribution in [0.3, 0.4) is 0 Å². The van der Waals surface area contributed by atoms with Crippen LogP contribution in [0.2, 0.25) is 0 Å². The van der Waals surface area contributed by atoms with Crippen LogP contribution in [0.15, 0.2) is 41.3 Å². The summed E-state index contributed by atoms with van der Waals surface area (Å²) in [7, 11) is 0. The van der Waals surface area contributed by atoms with Gasteiger partial charge in [-0.3, -0.25) is 9.36 Å². The predicted molar refractivity (Wildman–Crippen MR) is 95.1 cm³/mol. The maximum atomic E-state index is 12.9. The largest absolute Gasteiger partial charge is 0.285 e. The monoisotopic (exact) mass is 334 g/mol. The summed E-state index contributed by atoms with van der Waals surface area (Å²) in [6.45, 7) is 6.25. The smallest absolute Gasteiger partial charge is 0.282 e. The SMILES string of the molecule is CCc1nc2nnc3c(=O)n(-c4ccc(C(C)C)cc4)ccc3n2n1. The van der Waals surface area contributed by atoms with Crippen LogP contribution in [0.25, 0.3) is 22.5 Å². The van der Waals surface area contributed by atoms with Crippen LogP contribution in [-0.2, 0) is 6.42 Å². The van der Waals surface area contributed by atoms with Crippen molar-refractivity contribution in [3.05, 3.63) is 58.3 Å². The van der Waals surface area contributed by atoms with Crippen LogP contribution in [0.1, 0.15) is 38.1 Å². The van der Waals surface area contributed by atoms with Gasteiger partial charge in [-0.15, -0.1) is 15.3 Å². The topological polar surface area (TPSA) is 78.0 Å². The Morgan fingerprint density at radius 2 is 1.84 bits per heavy atom. The third-order valence-electron chi connectivity index (χ3n) is 4.30. The lowest BCUT2D eigenvalue weighted by atomic mass is 10.0. The molecule has 0 amide bonds. The Balaban J connectivity index is 1.90. The van der Waals surface area contributed by atoms with Gasteiger partial charge < -0.3 is 0 Å². The van der Waals surface area contributed by atoms with E-state index in [2.05, 4.69) is 34.1 Å². The van der Waals surface area contributed by atoms with Crippen LogP contribution in [0.5, 0.6) is 0 Å². The number of hydrogen-bond acceptors (Lipinski definition) is 5. The van der Waals surface area contributed by atoms with Gasteiger partial charge in [-0.1, -0.05) is 32.9 Å². The fourth-order valence-electron chi connectivity index (χ4n) is 2.82. The lowest BCUT2D eigenvalue weighted by molar-refractivity contribution is 0.863. The van der Waals surface area contributed by atoms with E-state index in [4.69, 9.17) is 0 Å². The Hall–Kier alpha value is -3.09. The molecule has 3 heterocycles. The van der Waals surface area contributed by atoms with Crippen LogP contribution in [0.4, 0.5) is 0 Å². The Bertz CT molecular complexity index is 1120. The summed E-state index contributed by atoms with van der Waals surface area (Å²) >= 11 is 0. The molecule has 0 aliphatic heterocycles. The molecule has 7 heteroatoms. The van der Waals surface area contributed by atoms with Gasteiger partial charge in [0.2, 0.25) is 0 Å². The van der Waals surface area contributed by atoms with E-state index in [0.29, 0.717) is 29.5 Å². The van der Waals surface area contributed by atoms with E-state index < -0.39 is 0 Å². The molecule has 0 bridgehead atoms. The fourth-order valence-corrected chi connectivity index (χ4v) is 2.82. The van der Waals surface area contributed by atoms with Gasteiger partial charge in [0.1, 0.15) is 5.52 Å². The van der Waals surface area contributed by atoms with Gasteiger partial charge in [-0.05, 0) is 29.7 Å². The first-order valence-corrected chi connectivity index (χ1v) is 8.32. The van der Waals surface area contributed by atoms with E-state index in [9.17, 15) is 4.79 Å². The summed E-state index contributed by atoms with van der Waals surface area (Å²) in [4.78, 5) is 17.2. The van der Waals surface area contributed by atoms with Crippen molar-refractivity contribution in [2.24, 2.45) is 0 Å². The third-order valence-corrected chi connectivity index (χ3v) is 4.30. The van der Waals surface area contributed by atoms with Crippen molar-refractivity contribution in [2.75, 3.05) is 0 Å². The molecule has 25 heavy (non-hydrogen) atoms. The molecule has 3 aromatic heterocycles. The number of aryl methyl sites for hydroxylation is 1. The first-order chi connectivity index (χ1) is 12.1. The maximum absolute atomic E-state index is 12.9. The van der Waals surface area contributed by atoms with E-state index >= 15 is 0 Å². The minimum atomic E-state index is -0.224. The summed E-state index contributed by atoms with van der Waals surface area (Å²) in [6, 6.07) is 9.79. The number of pyridine rings is 1. The lowest BCUT2D eigenvalue weighted by Gasteiger charge is -2.09.